The maximum absolute atomic E-state index is 13.0. The Bertz CT molecular complexity index is 673. The number of thioether (sulfide) groups is 1. The van der Waals surface area contributed by atoms with E-state index in [1.54, 1.807) is 23.1 Å². The number of piperazine rings is 1. The van der Waals surface area contributed by atoms with Gasteiger partial charge >= 0.3 is 0 Å². The largest absolute Gasteiger partial charge is 0.370 e. The van der Waals surface area contributed by atoms with Gasteiger partial charge in [0.25, 0.3) is 0 Å². The van der Waals surface area contributed by atoms with Gasteiger partial charge in [-0.25, -0.2) is 9.37 Å². The van der Waals surface area contributed by atoms with E-state index in [2.05, 4.69) is 19.8 Å². The molecule has 1 aromatic heterocycles. The van der Waals surface area contributed by atoms with Gasteiger partial charge in [0, 0.05) is 55.7 Å². The highest BCUT2D eigenvalue weighted by Gasteiger charge is 2.18. The van der Waals surface area contributed by atoms with Crippen molar-refractivity contribution in [3.8, 4) is 0 Å². The van der Waals surface area contributed by atoms with E-state index in [1.807, 2.05) is 23.7 Å². The van der Waals surface area contributed by atoms with E-state index in [9.17, 15) is 4.39 Å². The number of aliphatic imine (C=N–C) groups is 1. The van der Waals surface area contributed by atoms with Crippen LogP contribution in [0.15, 0.2) is 45.2 Å². The number of thiazole rings is 1. The Morgan fingerprint density at radius 1 is 1.23 bits per heavy atom. The van der Waals surface area contributed by atoms with Gasteiger partial charge in [-0.15, -0.1) is 35.3 Å². The van der Waals surface area contributed by atoms with Crippen molar-refractivity contribution in [3.63, 3.8) is 0 Å². The zero-order valence-corrected chi connectivity index (χ0v) is 18.3. The summed E-state index contributed by atoms with van der Waals surface area (Å²) < 4.78 is 14.1. The molecule has 5 nitrogen and oxygen atoms in total. The highest BCUT2D eigenvalue weighted by molar-refractivity contribution is 14.0. The van der Waals surface area contributed by atoms with Crippen LogP contribution >= 0.6 is 47.1 Å². The first-order valence-electron chi connectivity index (χ1n) is 8.30. The molecule has 0 bridgehead atoms. The Balaban J connectivity index is 0.00000243. The number of hydrogen-bond donors (Lipinski definition) is 1. The first kappa shape index (κ1) is 21.2. The molecule has 0 unspecified atom stereocenters. The molecule has 3 rings (SSSR count). The highest BCUT2D eigenvalue weighted by Crippen LogP contribution is 2.20. The molecule has 0 spiro atoms. The van der Waals surface area contributed by atoms with Crippen LogP contribution in [0.25, 0.3) is 0 Å². The molecule has 0 atom stereocenters. The molecule has 0 radical (unpaired) electrons. The van der Waals surface area contributed by atoms with Crippen LogP contribution in [0, 0.1) is 5.82 Å². The average molecular weight is 507 g/mol. The summed E-state index contributed by atoms with van der Waals surface area (Å²) in [5, 5.41) is 1.99. The van der Waals surface area contributed by atoms with Gasteiger partial charge in [0.1, 0.15) is 10.2 Å². The number of benzene rings is 1. The second kappa shape index (κ2) is 10.9. The van der Waals surface area contributed by atoms with Crippen LogP contribution < -0.4 is 10.6 Å². The number of guanidine groups is 1. The first-order chi connectivity index (χ1) is 12.2. The lowest BCUT2D eigenvalue weighted by Crippen LogP contribution is -2.51. The second-order valence-electron chi connectivity index (χ2n) is 5.69. The molecule has 0 aliphatic carbocycles. The van der Waals surface area contributed by atoms with Gasteiger partial charge < -0.3 is 15.5 Å². The van der Waals surface area contributed by atoms with Crippen LogP contribution in [0.2, 0.25) is 0 Å². The van der Waals surface area contributed by atoms with Gasteiger partial charge in [-0.3, -0.25) is 4.99 Å². The number of anilines is 1. The summed E-state index contributed by atoms with van der Waals surface area (Å²) in [6, 6.07) is 6.65. The van der Waals surface area contributed by atoms with Crippen LogP contribution in [-0.2, 0) is 0 Å². The third-order valence-corrected chi connectivity index (χ3v) is 6.06. The smallest absolute Gasteiger partial charge is 0.191 e. The van der Waals surface area contributed by atoms with Crippen molar-refractivity contribution in [1.29, 1.82) is 0 Å². The fraction of sp³-hybridized carbons (Fsp3) is 0.412. The Hall–Kier alpha value is -1.07. The van der Waals surface area contributed by atoms with E-state index in [-0.39, 0.29) is 29.8 Å². The van der Waals surface area contributed by atoms with E-state index in [4.69, 9.17) is 5.73 Å². The molecule has 0 saturated carbocycles. The van der Waals surface area contributed by atoms with E-state index in [0.717, 1.165) is 54.9 Å². The fourth-order valence-electron chi connectivity index (χ4n) is 2.64. The number of nitrogens with two attached hydrogens (primary N) is 1. The molecule has 9 heteroatoms. The van der Waals surface area contributed by atoms with Crippen LogP contribution in [0.5, 0.6) is 0 Å². The maximum atomic E-state index is 13.0. The minimum atomic E-state index is -0.202. The van der Waals surface area contributed by atoms with Gasteiger partial charge in [0.05, 0.1) is 0 Å². The zero-order chi connectivity index (χ0) is 17.5. The predicted molar refractivity (Wildman–Crippen MR) is 120 cm³/mol. The van der Waals surface area contributed by atoms with Crippen LogP contribution in [-0.4, -0.2) is 54.3 Å². The topological polar surface area (TPSA) is 57.8 Å². The van der Waals surface area contributed by atoms with Gasteiger partial charge in [-0.05, 0) is 30.7 Å². The molecule has 1 fully saturated rings. The number of aromatic nitrogens is 1. The first-order valence-corrected chi connectivity index (χ1v) is 10.2. The minimum absolute atomic E-state index is 0. The van der Waals surface area contributed by atoms with E-state index < -0.39 is 0 Å². The monoisotopic (exact) mass is 507 g/mol. The van der Waals surface area contributed by atoms with Crippen molar-refractivity contribution in [3.05, 3.63) is 41.7 Å². The van der Waals surface area contributed by atoms with Crippen molar-refractivity contribution in [2.24, 2.45) is 10.7 Å². The van der Waals surface area contributed by atoms with Crippen molar-refractivity contribution >= 4 is 58.7 Å². The lowest BCUT2D eigenvalue weighted by molar-refractivity contribution is 0.381. The summed E-state index contributed by atoms with van der Waals surface area (Å²) in [4.78, 5) is 13.1. The van der Waals surface area contributed by atoms with E-state index >= 15 is 0 Å². The Morgan fingerprint density at radius 3 is 2.62 bits per heavy atom. The standard InChI is InChI=1S/C17H22FN5S2.HI/c18-14-2-4-15(5-3-14)22-8-10-23(11-9-22)16(19)20-6-1-12-24-17-21-7-13-25-17;/h2-5,7,13H,1,6,8-12H2,(H2,19,20);1H. The number of halogens is 2. The molecule has 2 N–H and O–H groups in total. The molecule has 1 aromatic carbocycles. The SMILES string of the molecule is I.NC(=NCCCSc1nccs1)N1CCN(c2ccc(F)cc2)CC1. The van der Waals surface area contributed by atoms with Crippen molar-refractivity contribution < 1.29 is 4.39 Å². The summed E-state index contributed by atoms with van der Waals surface area (Å²) in [7, 11) is 0. The average Bonchev–Trinajstić information content (AvgIpc) is 3.15. The lowest BCUT2D eigenvalue weighted by atomic mass is 10.2. The van der Waals surface area contributed by atoms with Crippen molar-refractivity contribution in [1.82, 2.24) is 9.88 Å². The number of nitrogens with zero attached hydrogens (tertiary/aromatic N) is 4. The van der Waals surface area contributed by atoms with Gasteiger partial charge in [-0.2, -0.15) is 0 Å². The minimum Gasteiger partial charge on any atom is -0.370 e. The third-order valence-electron chi connectivity index (χ3n) is 4.01. The molecule has 1 saturated heterocycles. The lowest BCUT2D eigenvalue weighted by Gasteiger charge is -2.36. The zero-order valence-electron chi connectivity index (χ0n) is 14.4. The van der Waals surface area contributed by atoms with Crippen LogP contribution in [0.4, 0.5) is 10.1 Å². The van der Waals surface area contributed by atoms with Gasteiger partial charge in [-0.1, -0.05) is 11.8 Å². The Morgan fingerprint density at radius 2 is 1.96 bits per heavy atom. The molecular weight excluding hydrogens is 484 g/mol. The highest BCUT2D eigenvalue weighted by atomic mass is 127. The second-order valence-corrected chi connectivity index (χ2v) is 7.93. The van der Waals surface area contributed by atoms with Crippen molar-refractivity contribution in [2.75, 3.05) is 43.4 Å². The molecule has 1 aliphatic rings. The number of rotatable bonds is 6. The van der Waals surface area contributed by atoms with E-state index in [1.165, 1.54) is 12.1 Å². The molecule has 0 amide bonds. The molecule has 2 heterocycles. The quantitative estimate of drug-likeness (QED) is 0.213. The maximum Gasteiger partial charge on any atom is 0.191 e. The predicted octanol–water partition coefficient (Wildman–Crippen LogP) is 3.52. The summed E-state index contributed by atoms with van der Waals surface area (Å²) >= 11 is 3.43. The Labute approximate surface area is 178 Å². The molecule has 26 heavy (non-hydrogen) atoms. The fourth-order valence-corrected chi connectivity index (χ4v) is 4.28. The van der Waals surface area contributed by atoms with Crippen LogP contribution in [0.1, 0.15) is 6.42 Å². The molecular formula is C17H23FIN5S2. The van der Waals surface area contributed by atoms with Gasteiger partial charge in [0.2, 0.25) is 0 Å². The summed E-state index contributed by atoms with van der Waals surface area (Å²) in [6.07, 6.45) is 2.81. The summed E-state index contributed by atoms with van der Waals surface area (Å²) in [6.45, 7) is 4.13. The third kappa shape index (κ3) is 6.27. The number of hydrogen-bond acceptors (Lipinski definition) is 5. The van der Waals surface area contributed by atoms with Crippen molar-refractivity contribution in [2.45, 2.75) is 10.8 Å². The Kier molecular flexibility index (Phi) is 8.93. The summed E-state index contributed by atoms with van der Waals surface area (Å²) in [5.74, 6) is 1.42. The molecule has 2 aromatic rings. The van der Waals surface area contributed by atoms with E-state index in [0.29, 0.717) is 5.96 Å². The molecule has 1 aliphatic heterocycles. The molecule has 142 valence electrons. The van der Waals surface area contributed by atoms with Crippen LogP contribution in [0.3, 0.4) is 0 Å². The normalized spacial score (nSPS) is 15.0. The summed E-state index contributed by atoms with van der Waals surface area (Å²) in [5.41, 5.74) is 7.17. The van der Waals surface area contributed by atoms with Gasteiger partial charge in [0.15, 0.2) is 5.96 Å².